The molecule has 0 saturated carbocycles. The molecular formula is C29H30ClN3O2. The van der Waals surface area contributed by atoms with Gasteiger partial charge in [0.15, 0.2) is 0 Å². The molecule has 3 unspecified atom stereocenters. The van der Waals surface area contributed by atoms with Crippen LogP contribution in [-0.2, 0) is 24.1 Å². The number of carbonyl (C=O) groups is 1. The van der Waals surface area contributed by atoms with E-state index in [-0.39, 0.29) is 11.9 Å². The summed E-state index contributed by atoms with van der Waals surface area (Å²) in [6.07, 6.45) is 6.26. The number of morpholine rings is 1. The molecule has 1 amide bonds. The zero-order valence-electron chi connectivity index (χ0n) is 20.0. The number of ether oxygens (including phenoxy) is 1. The summed E-state index contributed by atoms with van der Waals surface area (Å²) < 4.78 is 5.74. The van der Waals surface area contributed by atoms with Crippen molar-refractivity contribution in [3.8, 4) is 11.1 Å². The van der Waals surface area contributed by atoms with E-state index >= 15 is 0 Å². The molecule has 1 aliphatic carbocycles. The summed E-state index contributed by atoms with van der Waals surface area (Å²) in [5, 5.41) is 0.703. The summed E-state index contributed by atoms with van der Waals surface area (Å²) in [7, 11) is 1.91. The van der Waals surface area contributed by atoms with Crippen LogP contribution >= 0.6 is 11.6 Å². The monoisotopic (exact) mass is 487 g/mol. The number of rotatable bonds is 5. The van der Waals surface area contributed by atoms with Crippen LogP contribution in [0.2, 0.25) is 5.02 Å². The Bertz CT molecular complexity index is 1230. The number of aryl methyl sites for hydroxylation is 1. The lowest BCUT2D eigenvalue weighted by Crippen LogP contribution is -2.41. The van der Waals surface area contributed by atoms with E-state index in [0.717, 1.165) is 50.1 Å². The van der Waals surface area contributed by atoms with Gasteiger partial charge in [-0.25, -0.2) is 0 Å². The second kappa shape index (κ2) is 9.38. The minimum Gasteiger partial charge on any atom is -0.375 e. The van der Waals surface area contributed by atoms with E-state index in [1.165, 1.54) is 23.1 Å². The average Bonchev–Trinajstić information content (AvgIpc) is 3.52. The van der Waals surface area contributed by atoms with Gasteiger partial charge in [0.05, 0.1) is 12.7 Å². The second-order valence-electron chi connectivity index (χ2n) is 10.1. The lowest BCUT2D eigenvalue weighted by atomic mass is 9.86. The van der Waals surface area contributed by atoms with E-state index in [9.17, 15) is 4.79 Å². The number of nitrogens with zero attached hydrogens (tertiary/aromatic N) is 3. The molecule has 2 aromatic carbocycles. The normalized spacial score (nSPS) is 23.3. The van der Waals surface area contributed by atoms with Gasteiger partial charge < -0.3 is 9.64 Å². The van der Waals surface area contributed by atoms with Gasteiger partial charge in [-0.05, 0) is 66.1 Å². The Hall–Kier alpha value is -2.73. The standard InChI is InChI=1S/C29H30ClN3O2/c1-32(29(34)28-11-7-23(15-31-28)20-4-8-24(30)9-5-20)25-10-6-21-12-19(2-3-22(21)13-25)16-33-17-27-14-26(33)18-35-27/h2-5,7-9,11-12,15,25-27H,6,10,13-14,16-18H2,1H3. The Kier molecular flexibility index (Phi) is 6.09. The van der Waals surface area contributed by atoms with Gasteiger partial charge in [0, 0.05) is 49.0 Å². The summed E-state index contributed by atoms with van der Waals surface area (Å²) >= 11 is 5.99. The molecular weight excluding hydrogens is 458 g/mol. The predicted octanol–water partition coefficient (Wildman–Crippen LogP) is 5.00. The van der Waals surface area contributed by atoms with Crippen LogP contribution in [0.1, 0.15) is 40.0 Å². The third kappa shape index (κ3) is 4.61. The van der Waals surface area contributed by atoms with Crippen LogP contribution in [0.15, 0.2) is 60.8 Å². The number of hydrogen-bond acceptors (Lipinski definition) is 4. The maximum atomic E-state index is 13.2. The number of likely N-dealkylation sites (N-methyl/N-ethyl adjacent to an activating group) is 1. The summed E-state index contributed by atoms with van der Waals surface area (Å²) in [5.74, 6) is -0.0240. The van der Waals surface area contributed by atoms with Gasteiger partial charge in [-0.3, -0.25) is 14.7 Å². The topological polar surface area (TPSA) is 45.7 Å². The molecule has 5 nitrogen and oxygen atoms in total. The Morgan fingerprint density at radius 3 is 2.66 bits per heavy atom. The number of benzene rings is 2. The molecule has 35 heavy (non-hydrogen) atoms. The number of halogens is 1. The molecule has 1 aromatic heterocycles. The first-order valence-electron chi connectivity index (χ1n) is 12.5. The van der Waals surface area contributed by atoms with Crippen molar-refractivity contribution in [2.45, 2.75) is 50.4 Å². The first kappa shape index (κ1) is 22.7. The van der Waals surface area contributed by atoms with Crippen molar-refractivity contribution in [1.82, 2.24) is 14.8 Å². The number of carbonyl (C=O) groups excluding carboxylic acids is 1. The van der Waals surface area contributed by atoms with Crippen molar-refractivity contribution in [2.75, 3.05) is 20.2 Å². The molecule has 2 fully saturated rings. The molecule has 3 aromatic rings. The van der Waals surface area contributed by atoms with E-state index < -0.39 is 0 Å². The van der Waals surface area contributed by atoms with Crippen LogP contribution in [0.3, 0.4) is 0 Å². The number of fused-ring (bicyclic) bond motifs is 3. The van der Waals surface area contributed by atoms with Gasteiger partial charge in [-0.1, -0.05) is 48.0 Å². The smallest absolute Gasteiger partial charge is 0.272 e. The fourth-order valence-electron chi connectivity index (χ4n) is 5.81. The highest BCUT2D eigenvalue weighted by atomic mass is 35.5. The SMILES string of the molecule is CN(C(=O)c1ccc(-c2ccc(Cl)cc2)cn1)C1CCc2cc(CN3CC4CC3CO4)ccc2C1. The molecule has 6 rings (SSSR count). The fraction of sp³-hybridized carbons (Fsp3) is 0.379. The minimum absolute atomic E-state index is 0.0240. The summed E-state index contributed by atoms with van der Waals surface area (Å²) in [6, 6.07) is 19.1. The highest BCUT2D eigenvalue weighted by Crippen LogP contribution is 2.31. The largest absolute Gasteiger partial charge is 0.375 e. The number of aromatic nitrogens is 1. The van der Waals surface area contributed by atoms with Crippen LogP contribution in [0.5, 0.6) is 0 Å². The van der Waals surface area contributed by atoms with E-state index in [4.69, 9.17) is 16.3 Å². The van der Waals surface area contributed by atoms with Crippen molar-refractivity contribution < 1.29 is 9.53 Å². The Balaban J connectivity index is 1.10. The molecule has 180 valence electrons. The van der Waals surface area contributed by atoms with E-state index in [0.29, 0.717) is 22.9 Å². The third-order valence-corrected chi connectivity index (χ3v) is 8.15. The molecule has 3 heterocycles. The Morgan fingerprint density at radius 1 is 1.11 bits per heavy atom. The minimum atomic E-state index is -0.0240. The third-order valence-electron chi connectivity index (χ3n) is 7.90. The molecule has 2 bridgehead atoms. The Morgan fingerprint density at radius 2 is 1.94 bits per heavy atom. The van der Waals surface area contributed by atoms with Crippen LogP contribution in [0, 0.1) is 0 Å². The van der Waals surface area contributed by atoms with Crippen molar-refractivity contribution >= 4 is 17.5 Å². The van der Waals surface area contributed by atoms with Gasteiger partial charge in [0.2, 0.25) is 0 Å². The van der Waals surface area contributed by atoms with Crippen LogP contribution in [0.25, 0.3) is 11.1 Å². The second-order valence-corrected chi connectivity index (χ2v) is 10.6. The number of amides is 1. The summed E-state index contributed by atoms with van der Waals surface area (Å²) in [5.41, 5.74) is 6.67. The molecule has 3 atom stereocenters. The quantitative estimate of drug-likeness (QED) is 0.508. The van der Waals surface area contributed by atoms with Crippen LogP contribution < -0.4 is 0 Å². The van der Waals surface area contributed by atoms with E-state index in [2.05, 4.69) is 28.1 Å². The zero-order chi connectivity index (χ0) is 23.9. The molecule has 6 heteroatoms. The van der Waals surface area contributed by atoms with E-state index in [1.807, 2.05) is 48.3 Å². The van der Waals surface area contributed by atoms with Gasteiger partial charge in [-0.2, -0.15) is 0 Å². The van der Waals surface area contributed by atoms with Crippen molar-refractivity contribution in [1.29, 1.82) is 0 Å². The molecule has 2 aliphatic heterocycles. The van der Waals surface area contributed by atoms with Crippen molar-refractivity contribution in [3.05, 3.63) is 88.2 Å². The molecule has 0 spiro atoms. The lowest BCUT2D eigenvalue weighted by molar-refractivity contribution is 0.0273. The van der Waals surface area contributed by atoms with Crippen LogP contribution in [-0.4, -0.2) is 59.1 Å². The first-order valence-corrected chi connectivity index (χ1v) is 12.9. The predicted molar refractivity (Wildman–Crippen MR) is 138 cm³/mol. The first-order chi connectivity index (χ1) is 17.0. The highest BCUT2D eigenvalue weighted by molar-refractivity contribution is 6.30. The van der Waals surface area contributed by atoms with E-state index in [1.54, 1.807) is 6.20 Å². The maximum Gasteiger partial charge on any atom is 0.272 e. The molecule has 0 N–H and O–H groups in total. The molecule has 0 radical (unpaired) electrons. The van der Waals surface area contributed by atoms with Crippen molar-refractivity contribution in [2.24, 2.45) is 0 Å². The molecule has 3 aliphatic rings. The molecule has 2 saturated heterocycles. The van der Waals surface area contributed by atoms with Gasteiger partial charge in [-0.15, -0.1) is 0 Å². The number of likely N-dealkylation sites (tertiary alicyclic amines) is 1. The summed E-state index contributed by atoms with van der Waals surface area (Å²) in [6.45, 7) is 2.96. The highest BCUT2D eigenvalue weighted by Gasteiger charge is 2.38. The fourth-order valence-corrected chi connectivity index (χ4v) is 5.93. The number of pyridine rings is 1. The van der Waals surface area contributed by atoms with Crippen LogP contribution in [0.4, 0.5) is 0 Å². The average molecular weight is 488 g/mol. The number of hydrogen-bond donors (Lipinski definition) is 0. The van der Waals surface area contributed by atoms with Gasteiger partial charge in [0.25, 0.3) is 5.91 Å². The maximum absolute atomic E-state index is 13.2. The lowest BCUT2D eigenvalue weighted by Gasteiger charge is -2.33. The van der Waals surface area contributed by atoms with Crippen molar-refractivity contribution in [3.63, 3.8) is 0 Å². The summed E-state index contributed by atoms with van der Waals surface area (Å²) in [4.78, 5) is 22.1. The van der Waals surface area contributed by atoms with Gasteiger partial charge in [0.1, 0.15) is 5.69 Å². The Labute approximate surface area is 211 Å². The zero-order valence-corrected chi connectivity index (χ0v) is 20.7. The van der Waals surface area contributed by atoms with Gasteiger partial charge >= 0.3 is 0 Å².